The Labute approximate surface area is 145 Å². The summed E-state index contributed by atoms with van der Waals surface area (Å²) in [5.74, 6) is 0.526. The molecule has 24 heavy (non-hydrogen) atoms. The summed E-state index contributed by atoms with van der Waals surface area (Å²) in [4.78, 5) is 14.5. The molecule has 2 aliphatic rings. The number of carbonyl (C=O) groups is 1. The summed E-state index contributed by atoms with van der Waals surface area (Å²) in [7, 11) is 0. The minimum atomic E-state index is -0.540. The zero-order valence-electron chi connectivity index (χ0n) is 14.9. The number of amides is 1. The largest absolute Gasteiger partial charge is 0.391 e. The van der Waals surface area contributed by atoms with Gasteiger partial charge in [0.1, 0.15) is 6.04 Å². The first-order valence-corrected chi connectivity index (χ1v) is 9.01. The third kappa shape index (κ3) is 3.43. The third-order valence-electron chi connectivity index (χ3n) is 5.28. The van der Waals surface area contributed by atoms with Crippen LogP contribution in [0.2, 0.25) is 0 Å². The van der Waals surface area contributed by atoms with Crippen molar-refractivity contribution in [2.24, 2.45) is 0 Å². The van der Waals surface area contributed by atoms with Gasteiger partial charge in [-0.1, -0.05) is 32.9 Å². The van der Waals surface area contributed by atoms with Gasteiger partial charge in [0.05, 0.1) is 6.10 Å². The van der Waals surface area contributed by atoms with Gasteiger partial charge < -0.3 is 15.3 Å². The summed E-state index contributed by atoms with van der Waals surface area (Å²) in [6.45, 7) is 8.87. The Morgan fingerprint density at radius 1 is 1.29 bits per heavy atom. The minimum Gasteiger partial charge on any atom is -0.391 e. The van der Waals surface area contributed by atoms with E-state index < -0.39 is 12.1 Å². The Morgan fingerprint density at radius 2 is 2.00 bits per heavy atom. The highest BCUT2D eigenvalue weighted by molar-refractivity contribution is 5.83. The molecular weight excluding hydrogens is 300 g/mol. The molecule has 130 valence electrons. The van der Waals surface area contributed by atoms with E-state index in [4.69, 9.17) is 0 Å². The van der Waals surface area contributed by atoms with Crippen LogP contribution < -0.4 is 5.32 Å². The van der Waals surface area contributed by atoms with Crippen molar-refractivity contribution >= 4 is 5.91 Å². The number of nitrogens with one attached hydrogen (secondary N) is 1. The summed E-state index contributed by atoms with van der Waals surface area (Å²) in [5, 5.41) is 13.1. The van der Waals surface area contributed by atoms with E-state index in [-0.39, 0.29) is 11.3 Å². The van der Waals surface area contributed by atoms with Crippen molar-refractivity contribution in [2.75, 3.05) is 19.6 Å². The highest BCUT2D eigenvalue weighted by Gasteiger charge is 2.36. The van der Waals surface area contributed by atoms with E-state index in [2.05, 4.69) is 44.3 Å². The Kier molecular flexibility index (Phi) is 4.85. The average Bonchev–Trinajstić information content (AvgIpc) is 2.99. The summed E-state index contributed by atoms with van der Waals surface area (Å²) < 4.78 is 0. The van der Waals surface area contributed by atoms with E-state index in [0.717, 1.165) is 32.5 Å². The first kappa shape index (κ1) is 17.3. The van der Waals surface area contributed by atoms with E-state index in [1.54, 1.807) is 0 Å². The Hall–Kier alpha value is -1.57. The molecule has 0 aliphatic carbocycles. The number of carbonyl (C=O) groups excluding carboxylic acids is 1. The fourth-order valence-corrected chi connectivity index (χ4v) is 3.91. The van der Waals surface area contributed by atoms with Gasteiger partial charge in [0.25, 0.3) is 0 Å². The van der Waals surface area contributed by atoms with E-state index >= 15 is 0 Å². The van der Waals surface area contributed by atoms with Gasteiger partial charge >= 0.3 is 0 Å². The van der Waals surface area contributed by atoms with Gasteiger partial charge in [-0.15, -0.1) is 0 Å². The second kappa shape index (κ2) is 6.74. The lowest BCUT2D eigenvalue weighted by Gasteiger charge is -2.35. The molecule has 2 saturated heterocycles. The Bertz CT molecular complexity index is 586. The molecule has 0 bridgehead atoms. The Morgan fingerprint density at radius 3 is 2.58 bits per heavy atom. The van der Waals surface area contributed by atoms with Gasteiger partial charge in [-0.05, 0) is 54.8 Å². The minimum absolute atomic E-state index is 0.0535. The van der Waals surface area contributed by atoms with Crippen LogP contribution in [0.4, 0.5) is 0 Å². The van der Waals surface area contributed by atoms with Gasteiger partial charge in [0.2, 0.25) is 5.91 Å². The normalized spacial score (nSPS) is 25.6. The van der Waals surface area contributed by atoms with Gasteiger partial charge in [0.15, 0.2) is 0 Å². The van der Waals surface area contributed by atoms with Crippen molar-refractivity contribution in [1.82, 2.24) is 10.2 Å². The molecule has 0 aromatic heterocycles. The molecule has 1 aromatic carbocycles. The van der Waals surface area contributed by atoms with Crippen LogP contribution >= 0.6 is 0 Å². The van der Waals surface area contributed by atoms with Crippen molar-refractivity contribution < 1.29 is 9.90 Å². The number of hydrogen-bond donors (Lipinski definition) is 2. The molecule has 1 aromatic rings. The van der Waals surface area contributed by atoms with Crippen LogP contribution in [0.15, 0.2) is 12.1 Å². The zero-order valence-corrected chi connectivity index (χ0v) is 14.9. The Balaban J connectivity index is 1.67. The second-order valence-electron chi connectivity index (χ2n) is 8.07. The number of rotatable bonds is 2. The molecule has 1 amide bonds. The maximum atomic E-state index is 12.6. The fraction of sp³-hybridized carbons (Fsp3) is 0.650. The number of nitrogens with zero attached hydrogens (tertiary/aromatic N) is 1. The molecule has 2 heterocycles. The molecule has 2 unspecified atom stereocenters. The molecule has 2 N–H and O–H groups in total. The molecule has 0 radical (unpaired) electrons. The first-order chi connectivity index (χ1) is 11.4. The van der Waals surface area contributed by atoms with Crippen molar-refractivity contribution in [3.63, 3.8) is 0 Å². The van der Waals surface area contributed by atoms with Crippen molar-refractivity contribution in [1.29, 1.82) is 0 Å². The molecule has 4 nitrogen and oxygen atoms in total. The molecule has 2 atom stereocenters. The van der Waals surface area contributed by atoms with E-state index in [0.29, 0.717) is 12.3 Å². The lowest BCUT2D eigenvalue weighted by Crippen LogP contribution is -2.50. The van der Waals surface area contributed by atoms with Crippen LogP contribution in [0.5, 0.6) is 0 Å². The van der Waals surface area contributed by atoms with Gasteiger partial charge in [-0.3, -0.25) is 4.79 Å². The summed E-state index contributed by atoms with van der Waals surface area (Å²) >= 11 is 0. The zero-order chi connectivity index (χ0) is 17.3. The summed E-state index contributed by atoms with van der Waals surface area (Å²) in [6, 6.07) is 10.1. The van der Waals surface area contributed by atoms with Crippen LogP contribution in [0.25, 0.3) is 0 Å². The number of piperidine rings is 1. The van der Waals surface area contributed by atoms with Gasteiger partial charge in [-0.25, -0.2) is 0 Å². The predicted molar refractivity (Wildman–Crippen MR) is 93.8 cm³/mol. The van der Waals surface area contributed by atoms with Crippen LogP contribution in [0.3, 0.4) is 0 Å². The third-order valence-corrected chi connectivity index (χ3v) is 5.28. The monoisotopic (exact) mass is 328 g/mol. The summed E-state index contributed by atoms with van der Waals surface area (Å²) in [6.07, 6.45) is 2.06. The molecule has 0 saturated carbocycles. The van der Waals surface area contributed by atoms with Crippen molar-refractivity contribution in [3.05, 3.63) is 35.4 Å². The fourth-order valence-electron chi connectivity index (χ4n) is 3.91. The van der Waals surface area contributed by atoms with E-state index in [1.165, 1.54) is 11.1 Å². The standard InChI is InChI=1S/C20H28N2O2/c1-20(2,3)16-7-5-4-6-15(16)14-9-12-22(13-10-14)19(24)18-17(23)8-11-21-18/h4,6,14,17-18,21,23H,8-13H2,1-3H3. The molecule has 2 fully saturated rings. The molecule has 0 spiro atoms. The van der Waals surface area contributed by atoms with Crippen LogP contribution in [0, 0.1) is 12.1 Å². The number of hydrogen-bond acceptors (Lipinski definition) is 3. The molecule has 4 heteroatoms. The van der Waals surface area contributed by atoms with Gasteiger partial charge in [0, 0.05) is 18.7 Å². The van der Waals surface area contributed by atoms with E-state index in [9.17, 15) is 9.90 Å². The van der Waals surface area contributed by atoms with Gasteiger partial charge in [-0.2, -0.15) is 0 Å². The first-order valence-electron chi connectivity index (χ1n) is 9.01. The van der Waals surface area contributed by atoms with Crippen LogP contribution in [-0.2, 0) is 10.2 Å². The lowest BCUT2D eigenvalue weighted by molar-refractivity contribution is -0.136. The van der Waals surface area contributed by atoms with Crippen LogP contribution in [-0.4, -0.2) is 47.7 Å². The topological polar surface area (TPSA) is 52.6 Å². The SMILES string of the molecule is CC(C)(C)c1c#cccc1C1CCN(C(=O)C2NCCC2O)CC1. The smallest absolute Gasteiger partial charge is 0.242 e. The average molecular weight is 328 g/mol. The number of aliphatic hydroxyl groups excluding tert-OH is 1. The summed E-state index contributed by atoms with van der Waals surface area (Å²) in [5.41, 5.74) is 2.65. The quantitative estimate of drug-likeness (QED) is 0.873. The predicted octanol–water partition coefficient (Wildman–Crippen LogP) is 2.01. The number of aliphatic hydroxyl groups is 1. The molecule has 2 aliphatic heterocycles. The maximum absolute atomic E-state index is 12.6. The second-order valence-corrected chi connectivity index (χ2v) is 8.07. The lowest BCUT2D eigenvalue weighted by atomic mass is 9.78. The number of likely N-dealkylation sites (tertiary alicyclic amines) is 1. The maximum Gasteiger partial charge on any atom is 0.242 e. The van der Waals surface area contributed by atoms with Crippen molar-refractivity contribution in [2.45, 2.75) is 63.5 Å². The van der Waals surface area contributed by atoms with Crippen LogP contribution in [0.1, 0.15) is 57.1 Å². The van der Waals surface area contributed by atoms with E-state index in [1.807, 2.05) is 11.0 Å². The highest BCUT2D eigenvalue weighted by Crippen LogP contribution is 2.34. The molecule has 3 rings (SSSR count). The highest BCUT2D eigenvalue weighted by atomic mass is 16.3. The molecular formula is C20H28N2O2. The van der Waals surface area contributed by atoms with Crippen molar-refractivity contribution in [3.8, 4) is 0 Å².